The summed E-state index contributed by atoms with van der Waals surface area (Å²) >= 11 is 6.14. The molecule has 2 rings (SSSR count). The monoisotopic (exact) mass is 336 g/mol. The van der Waals surface area contributed by atoms with Crippen LogP contribution in [0, 0.1) is 12.8 Å². The third-order valence-electron chi connectivity index (χ3n) is 4.46. The van der Waals surface area contributed by atoms with Gasteiger partial charge in [0.15, 0.2) is 0 Å². The molecule has 0 radical (unpaired) electrons. The number of anilines is 1. The Bertz CT molecular complexity index is 568. The lowest BCUT2D eigenvalue weighted by Crippen LogP contribution is -2.40. The molecule has 1 saturated carbocycles. The minimum atomic E-state index is -0.0585. The van der Waals surface area contributed by atoms with E-state index >= 15 is 0 Å². The number of hydrogen-bond acceptors (Lipinski definition) is 2. The molecule has 1 aromatic carbocycles. The molecule has 0 bridgehead atoms. The van der Waals surface area contributed by atoms with E-state index in [1.807, 2.05) is 19.1 Å². The number of carbonyl (C=O) groups is 2. The summed E-state index contributed by atoms with van der Waals surface area (Å²) in [7, 11) is 0. The van der Waals surface area contributed by atoms with Crippen LogP contribution in [0.15, 0.2) is 18.2 Å². The molecule has 126 valence electrons. The van der Waals surface area contributed by atoms with E-state index in [1.165, 1.54) is 13.3 Å². The molecule has 0 atom stereocenters. The SMILES string of the molecule is CC(=O)N(CCNC(=O)C1CCCCC1)c1ccc(C)c(Cl)c1. The summed E-state index contributed by atoms with van der Waals surface area (Å²) < 4.78 is 0. The summed E-state index contributed by atoms with van der Waals surface area (Å²) in [6.45, 7) is 4.36. The van der Waals surface area contributed by atoms with E-state index in [0.29, 0.717) is 18.1 Å². The van der Waals surface area contributed by atoms with Crippen LogP contribution < -0.4 is 10.2 Å². The van der Waals surface area contributed by atoms with Crippen molar-refractivity contribution in [1.82, 2.24) is 5.32 Å². The zero-order valence-corrected chi connectivity index (χ0v) is 14.7. The van der Waals surface area contributed by atoms with Crippen molar-refractivity contribution in [2.45, 2.75) is 46.0 Å². The molecule has 5 heteroatoms. The van der Waals surface area contributed by atoms with Crippen molar-refractivity contribution >= 4 is 29.1 Å². The number of carbonyl (C=O) groups excluding carboxylic acids is 2. The maximum Gasteiger partial charge on any atom is 0.223 e. The van der Waals surface area contributed by atoms with Crippen LogP contribution in [0.5, 0.6) is 0 Å². The Morgan fingerprint density at radius 3 is 2.57 bits per heavy atom. The van der Waals surface area contributed by atoms with Crippen LogP contribution in [0.1, 0.15) is 44.6 Å². The lowest BCUT2D eigenvalue weighted by Gasteiger charge is -2.24. The summed E-state index contributed by atoms with van der Waals surface area (Å²) in [6, 6.07) is 5.57. The van der Waals surface area contributed by atoms with Gasteiger partial charge in [-0.3, -0.25) is 9.59 Å². The number of nitrogens with one attached hydrogen (secondary N) is 1. The maximum absolute atomic E-state index is 12.1. The Labute approximate surface area is 143 Å². The smallest absolute Gasteiger partial charge is 0.223 e. The second-order valence-corrected chi connectivity index (χ2v) is 6.64. The first kappa shape index (κ1) is 17.8. The molecule has 0 aromatic heterocycles. The molecule has 0 unspecified atom stereocenters. The summed E-state index contributed by atoms with van der Waals surface area (Å²) in [5, 5.41) is 3.61. The zero-order valence-electron chi connectivity index (χ0n) is 13.9. The van der Waals surface area contributed by atoms with E-state index in [-0.39, 0.29) is 17.7 Å². The average Bonchev–Trinajstić information content (AvgIpc) is 2.54. The van der Waals surface area contributed by atoms with Crippen molar-refractivity contribution in [2.75, 3.05) is 18.0 Å². The molecule has 0 spiro atoms. The van der Waals surface area contributed by atoms with Gasteiger partial charge in [0.2, 0.25) is 11.8 Å². The number of nitrogens with zero attached hydrogens (tertiary/aromatic N) is 1. The topological polar surface area (TPSA) is 49.4 Å². The first-order valence-electron chi connectivity index (χ1n) is 8.31. The van der Waals surface area contributed by atoms with Gasteiger partial charge in [-0.1, -0.05) is 36.9 Å². The van der Waals surface area contributed by atoms with E-state index < -0.39 is 0 Å². The van der Waals surface area contributed by atoms with Gasteiger partial charge in [0.25, 0.3) is 0 Å². The third kappa shape index (κ3) is 4.96. The van der Waals surface area contributed by atoms with Crippen molar-refractivity contribution in [2.24, 2.45) is 5.92 Å². The first-order valence-corrected chi connectivity index (χ1v) is 8.69. The van der Waals surface area contributed by atoms with Crippen molar-refractivity contribution < 1.29 is 9.59 Å². The van der Waals surface area contributed by atoms with Gasteiger partial charge in [0.05, 0.1) is 0 Å². The van der Waals surface area contributed by atoms with E-state index in [9.17, 15) is 9.59 Å². The maximum atomic E-state index is 12.1. The van der Waals surface area contributed by atoms with Crippen LogP contribution in [0.4, 0.5) is 5.69 Å². The lowest BCUT2D eigenvalue weighted by molar-refractivity contribution is -0.126. The van der Waals surface area contributed by atoms with Gasteiger partial charge in [0.1, 0.15) is 0 Å². The molecule has 1 fully saturated rings. The van der Waals surface area contributed by atoms with Gasteiger partial charge >= 0.3 is 0 Å². The van der Waals surface area contributed by atoms with Crippen LogP contribution in [0.25, 0.3) is 0 Å². The number of hydrogen-bond donors (Lipinski definition) is 1. The largest absolute Gasteiger partial charge is 0.354 e. The molecule has 4 nitrogen and oxygen atoms in total. The van der Waals surface area contributed by atoms with E-state index in [1.54, 1.807) is 11.0 Å². The Morgan fingerprint density at radius 1 is 1.26 bits per heavy atom. The molecule has 23 heavy (non-hydrogen) atoms. The number of aryl methyl sites for hydroxylation is 1. The molecule has 1 aliphatic rings. The van der Waals surface area contributed by atoms with E-state index in [2.05, 4.69) is 5.32 Å². The minimum absolute atomic E-state index is 0.0585. The molecule has 2 amide bonds. The molecule has 0 aliphatic heterocycles. The summed E-state index contributed by atoms with van der Waals surface area (Å²) in [5.74, 6) is 0.204. The molecule has 1 N–H and O–H groups in total. The van der Waals surface area contributed by atoms with Gasteiger partial charge in [-0.2, -0.15) is 0 Å². The first-order chi connectivity index (χ1) is 11.0. The Kier molecular flexibility index (Phi) is 6.46. The Morgan fingerprint density at radius 2 is 1.96 bits per heavy atom. The average molecular weight is 337 g/mol. The number of benzene rings is 1. The van der Waals surface area contributed by atoms with Gasteiger partial charge < -0.3 is 10.2 Å². The number of rotatable bonds is 5. The van der Waals surface area contributed by atoms with Crippen LogP contribution >= 0.6 is 11.6 Å². The molecule has 1 aromatic rings. The highest BCUT2D eigenvalue weighted by Gasteiger charge is 2.21. The normalized spacial score (nSPS) is 15.3. The predicted octanol–water partition coefficient (Wildman–Crippen LogP) is 3.70. The zero-order chi connectivity index (χ0) is 16.8. The van der Waals surface area contributed by atoms with E-state index in [4.69, 9.17) is 11.6 Å². The van der Waals surface area contributed by atoms with E-state index in [0.717, 1.165) is 36.9 Å². The van der Waals surface area contributed by atoms with Crippen molar-refractivity contribution in [3.8, 4) is 0 Å². The highest BCUT2D eigenvalue weighted by Crippen LogP contribution is 2.24. The minimum Gasteiger partial charge on any atom is -0.354 e. The van der Waals surface area contributed by atoms with Crippen molar-refractivity contribution in [3.05, 3.63) is 28.8 Å². The quantitative estimate of drug-likeness (QED) is 0.891. The highest BCUT2D eigenvalue weighted by molar-refractivity contribution is 6.31. The second kappa shape index (κ2) is 8.34. The number of amides is 2. The van der Waals surface area contributed by atoms with Crippen LogP contribution in [-0.2, 0) is 9.59 Å². The van der Waals surface area contributed by atoms with Gasteiger partial charge in [-0.05, 0) is 37.5 Å². The summed E-state index contributed by atoms with van der Waals surface area (Å²) in [4.78, 5) is 25.7. The van der Waals surface area contributed by atoms with Gasteiger partial charge in [0, 0.05) is 36.6 Å². The molecule has 0 heterocycles. The molecular weight excluding hydrogens is 312 g/mol. The molecule has 0 saturated heterocycles. The third-order valence-corrected chi connectivity index (χ3v) is 4.87. The predicted molar refractivity (Wildman–Crippen MR) is 93.8 cm³/mol. The van der Waals surface area contributed by atoms with Crippen LogP contribution in [0.2, 0.25) is 5.02 Å². The summed E-state index contributed by atoms with van der Waals surface area (Å²) in [6.07, 6.45) is 5.47. The van der Waals surface area contributed by atoms with Crippen molar-refractivity contribution in [1.29, 1.82) is 0 Å². The Balaban J connectivity index is 1.91. The van der Waals surface area contributed by atoms with Crippen LogP contribution in [-0.4, -0.2) is 24.9 Å². The van der Waals surface area contributed by atoms with Crippen LogP contribution in [0.3, 0.4) is 0 Å². The van der Waals surface area contributed by atoms with Gasteiger partial charge in [-0.25, -0.2) is 0 Å². The lowest BCUT2D eigenvalue weighted by atomic mass is 9.89. The fourth-order valence-corrected chi connectivity index (χ4v) is 3.19. The van der Waals surface area contributed by atoms with Crippen molar-refractivity contribution in [3.63, 3.8) is 0 Å². The standard InChI is InChI=1S/C18H25ClN2O2/c1-13-8-9-16(12-17(13)19)21(14(2)22)11-10-20-18(23)15-6-4-3-5-7-15/h8-9,12,15H,3-7,10-11H2,1-2H3,(H,20,23). The number of halogens is 1. The Hall–Kier alpha value is -1.55. The molecule has 1 aliphatic carbocycles. The highest BCUT2D eigenvalue weighted by atomic mass is 35.5. The second-order valence-electron chi connectivity index (χ2n) is 6.23. The van der Waals surface area contributed by atoms with Gasteiger partial charge in [-0.15, -0.1) is 0 Å². The fourth-order valence-electron chi connectivity index (χ4n) is 3.02. The molecular formula is C18H25ClN2O2. The fraction of sp³-hybridized carbons (Fsp3) is 0.556. The summed E-state index contributed by atoms with van der Waals surface area (Å²) in [5.41, 5.74) is 1.74.